The molecule has 0 fully saturated rings. The maximum absolute atomic E-state index is 10.1. The minimum absolute atomic E-state index is 0.0141. The molecule has 0 aliphatic heterocycles. The second-order valence-corrected chi connectivity index (χ2v) is 5.75. The van der Waals surface area contributed by atoms with Crippen molar-refractivity contribution in [1.29, 1.82) is 0 Å². The number of nitrogens with zero attached hydrogens (tertiary/aromatic N) is 1. The van der Waals surface area contributed by atoms with Gasteiger partial charge in [0.15, 0.2) is 0 Å². The minimum Gasteiger partial charge on any atom is -0.489 e. The second-order valence-electron chi connectivity index (χ2n) is 5.40. The Bertz CT molecular complexity index is 715. The Morgan fingerprint density at radius 3 is 2.43 bits per heavy atom. The number of para-hydroxylation sites is 1. The van der Waals surface area contributed by atoms with Crippen molar-refractivity contribution in [1.82, 2.24) is 0 Å². The lowest BCUT2D eigenvalue weighted by Crippen LogP contribution is -2.27. The van der Waals surface area contributed by atoms with Crippen LogP contribution in [0.5, 0.6) is 5.75 Å². The van der Waals surface area contributed by atoms with Gasteiger partial charge >= 0.3 is 0 Å². The highest BCUT2D eigenvalue weighted by Gasteiger charge is 2.14. The summed E-state index contributed by atoms with van der Waals surface area (Å²) in [7, 11) is 1.42. The molecule has 0 aliphatic carbocycles. The summed E-state index contributed by atoms with van der Waals surface area (Å²) in [4.78, 5) is 0. The van der Waals surface area contributed by atoms with Gasteiger partial charge in [0.25, 0.3) is 5.17 Å². The van der Waals surface area contributed by atoms with E-state index in [0.29, 0.717) is 12.3 Å². The van der Waals surface area contributed by atoms with E-state index in [1.807, 2.05) is 31.2 Å². The topological polar surface area (TPSA) is 41.9 Å². The minimum atomic E-state index is -0.0141. The maximum Gasteiger partial charge on any atom is 0.288 e. The van der Waals surface area contributed by atoms with Crippen molar-refractivity contribution in [2.45, 2.75) is 27.4 Å². The molecule has 122 valence electrons. The molecule has 0 heterocycles. The van der Waals surface area contributed by atoms with Crippen LogP contribution in [0, 0.1) is 20.8 Å². The number of benzene rings is 2. The van der Waals surface area contributed by atoms with Gasteiger partial charge in [0.1, 0.15) is 12.4 Å². The fourth-order valence-electron chi connectivity index (χ4n) is 2.27. The third-order valence-electron chi connectivity index (χ3n) is 3.74. The molecular formula is C18H21NO3S. The largest absolute Gasteiger partial charge is 0.489 e. The van der Waals surface area contributed by atoms with Gasteiger partial charge < -0.3 is 9.47 Å². The zero-order chi connectivity index (χ0) is 17.0. The predicted octanol–water partition coefficient (Wildman–Crippen LogP) is 4.32. The summed E-state index contributed by atoms with van der Waals surface area (Å²) in [6, 6.07) is 11.5. The lowest BCUT2D eigenvalue weighted by molar-refractivity contribution is 0.264. The van der Waals surface area contributed by atoms with Crippen molar-refractivity contribution in [3.8, 4) is 5.75 Å². The molecule has 2 rings (SSSR count). The van der Waals surface area contributed by atoms with Crippen LogP contribution >= 0.6 is 12.2 Å². The van der Waals surface area contributed by atoms with Crippen LogP contribution in [0.4, 0.5) is 5.69 Å². The molecule has 23 heavy (non-hydrogen) atoms. The van der Waals surface area contributed by atoms with E-state index in [9.17, 15) is 5.21 Å². The molecule has 2 aromatic rings. The molecular weight excluding hydrogens is 310 g/mol. The smallest absolute Gasteiger partial charge is 0.288 e. The summed E-state index contributed by atoms with van der Waals surface area (Å²) < 4.78 is 10.8. The van der Waals surface area contributed by atoms with Crippen molar-refractivity contribution >= 4 is 23.1 Å². The SMILES string of the molecule is COC(=S)N(O)c1ccccc1COc1cc(C)c(C)cc1C. The zero-order valence-electron chi connectivity index (χ0n) is 13.8. The number of hydrogen-bond acceptors (Lipinski definition) is 4. The number of anilines is 1. The van der Waals surface area contributed by atoms with Crippen LogP contribution in [-0.4, -0.2) is 17.5 Å². The summed E-state index contributed by atoms with van der Waals surface area (Å²) in [6.07, 6.45) is 0. The number of ether oxygens (including phenoxy) is 2. The fourth-order valence-corrected chi connectivity index (χ4v) is 2.37. The third kappa shape index (κ3) is 4.00. The Kier molecular flexibility index (Phi) is 5.58. The Morgan fingerprint density at radius 2 is 1.74 bits per heavy atom. The van der Waals surface area contributed by atoms with E-state index in [1.54, 1.807) is 6.07 Å². The number of hydroxylamine groups is 1. The van der Waals surface area contributed by atoms with Crippen LogP contribution in [0.3, 0.4) is 0 Å². The first-order valence-corrected chi connectivity index (χ1v) is 7.70. The number of thiocarbonyl (C=S) groups is 1. The van der Waals surface area contributed by atoms with Crippen molar-refractivity contribution in [3.63, 3.8) is 0 Å². The highest BCUT2D eigenvalue weighted by atomic mass is 32.1. The summed E-state index contributed by atoms with van der Waals surface area (Å²) in [5.74, 6) is 0.835. The number of aryl methyl sites for hydroxylation is 3. The molecule has 4 nitrogen and oxygen atoms in total. The average Bonchev–Trinajstić information content (AvgIpc) is 2.55. The molecule has 0 saturated carbocycles. The molecule has 0 atom stereocenters. The molecule has 0 aromatic heterocycles. The lowest BCUT2D eigenvalue weighted by Gasteiger charge is -2.20. The van der Waals surface area contributed by atoms with E-state index in [2.05, 4.69) is 19.9 Å². The first-order chi connectivity index (χ1) is 10.9. The Hall–Kier alpha value is -2.11. The van der Waals surface area contributed by atoms with E-state index in [-0.39, 0.29) is 5.17 Å². The van der Waals surface area contributed by atoms with Gasteiger partial charge in [-0.2, -0.15) is 5.06 Å². The quantitative estimate of drug-likeness (QED) is 0.667. The molecule has 0 spiro atoms. The van der Waals surface area contributed by atoms with E-state index in [0.717, 1.165) is 21.9 Å². The first-order valence-electron chi connectivity index (χ1n) is 7.29. The van der Waals surface area contributed by atoms with Crippen LogP contribution in [0.25, 0.3) is 0 Å². The monoisotopic (exact) mass is 331 g/mol. The molecule has 0 radical (unpaired) electrons. The van der Waals surface area contributed by atoms with Gasteiger partial charge in [-0.3, -0.25) is 5.21 Å². The van der Waals surface area contributed by atoms with Gasteiger partial charge in [-0.15, -0.1) is 0 Å². The summed E-state index contributed by atoms with van der Waals surface area (Å²) in [5, 5.41) is 10.9. The highest BCUT2D eigenvalue weighted by molar-refractivity contribution is 7.80. The molecule has 5 heteroatoms. The maximum atomic E-state index is 10.1. The van der Waals surface area contributed by atoms with Crippen molar-refractivity contribution in [3.05, 3.63) is 58.7 Å². The summed E-state index contributed by atoms with van der Waals surface area (Å²) >= 11 is 4.96. The van der Waals surface area contributed by atoms with E-state index in [4.69, 9.17) is 21.7 Å². The van der Waals surface area contributed by atoms with E-state index in [1.165, 1.54) is 18.2 Å². The fraction of sp³-hybridized carbons (Fsp3) is 0.278. The third-order valence-corrected chi connectivity index (χ3v) is 4.08. The van der Waals surface area contributed by atoms with Gasteiger partial charge in [-0.1, -0.05) is 24.3 Å². The van der Waals surface area contributed by atoms with Crippen LogP contribution in [0.2, 0.25) is 0 Å². The molecule has 0 amide bonds. The lowest BCUT2D eigenvalue weighted by atomic mass is 10.1. The molecule has 0 unspecified atom stereocenters. The number of hydrogen-bond donors (Lipinski definition) is 1. The Labute approximate surface area is 142 Å². The Balaban J connectivity index is 2.22. The van der Waals surface area contributed by atoms with Crippen LogP contribution in [-0.2, 0) is 11.3 Å². The molecule has 1 N–H and O–H groups in total. The van der Waals surface area contributed by atoms with Crippen LogP contribution < -0.4 is 9.80 Å². The van der Waals surface area contributed by atoms with Gasteiger partial charge in [0, 0.05) is 5.56 Å². The van der Waals surface area contributed by atoms with Crippen LogP contribution in [0.1, 0.15) is 22.3 Å². The first kappa shape index (κ1) is 17.2. The number of rotatable bonds is 4. The van der Waals surface area contributed by atoms with Crippen molar-refractivity contribution in [2.75, 3.05) is 12.2 Å². The molecule has 0 bridgehead atoms. The Morgan fingerprint density at radius 1 is 1.09 bits per heavy atom. The summed E-state index contributed by atoms with van der Waals surface area (Å²) in [5.41, 5.74) is 4.86. The molecule has 0 aliphatic rings. The van der Waals surface area contributed by atoms with E-state index < -0.39 is 0 Å². The van der Waals surface area contributed by atoms with Crippen molar-refractivity contribution in [2.24, 2.45) is 0 Å². The standard InChI is InChI=1S/C18H21NO3S/c1-12-9-14(3)17(10-13(12)2)22-11-15-7-5-6-8-16(15)19(20)18(23)21-4/h5-10,20H,11H2,1-4H3. The normalized spacial score (nSPS) is 10.3. The van der Waals surface area contributed by atoms with E-state index >= 15 is 0 Å². The summed E-state index contributed by atoms with van der Waals surface area (Å²) in [6.45, 7) is 6.48. The average molecular weight is 331 g/mol. The molecule has 0 saturated heterocycles. The molecule has 2 aromatic carbocycles. The predicted molar refractivity (Wildman–Crippen MR) is 95.3 cm³/mol. The highest BCUT2D eigenvalue weighted by Crippen LogP contribution is 2.26. The van der Waals surface area contributed by atoms with Gasteiger partial charge in [0.05, 0.1) is 12.8 Å². The van der Waals surface area contributed by atoms with Gasteiger partial charge in [0.2, 0.25) is 0 Å². The van der Waals surface area contributed by atoms with Crippen LogP contribution in [0.15, 0.2) is 36.4 Å². The van der Waals surface area contributed by atoms with Crippen molar-refractivity contribution < 1.29 is 14.7 Å². The van der Waals surface area contributed by atoms with Gasteiger partial charge in [-0.05, 0) is 61.8 Å². The van der Waals surface area contributed by atoms with Gasteiger partial charge in [-0.25, -0.2) is 0 Å². The number of methoxy groups -OCH3 is 1. The second kappa shape index (κ2) is 7.44. The zero-order valence-corrected chi connectivity index (χ0v) is 14.6.